The van der Waals surface area contributed by atoms with Crippen LogP contribution in [0.15, 0.2) is 54.7 Å². The lowest BCUT2D eigenvalue weighted by molar-refractivity contribution is 0.0303. The first-order valence-electron chi connectivity index (χ1n) is 9.11. The van der Waals surface area contributed by atoms with Crippen molar-refractivity contribution in [3.8, 4) is 10.6 Å². The van der Waals surface area contributed by atoms with E-state index in [1.807, 2.05) is 18.2 Å². The smallest absolute Gasteiger partial charge is 0.267 e. The fraction of sp³-hybridized carbons (Fsp3) is 0.190. The Morgan fingerprint density at radius 1 is 1.10 bits per heavy atom. The third kappa shape index (κ3) is 4.48. The van der Waals surface area contributed by atoms with E-state index in [1.54, 1.807) is 35.2 Å². The zero-order chi connectivity index (χ0) is 20.2. The number of anilines is 1. The quantitative estimate of drug-likeness (QED) is 0.677. The van der Waals surface area contributed by atoms with Crippen LogP contribution in [0.3, 0.4) is 0 Å². The van der Waals surface area contributed by atoms with Gasteiger partial charge in [-0.1, -0.05) is 35.9 Å². The van der Waals surface area contributed by atoms with Crippen molar-refractivity contribution in [1.29, 1.82) is 0 Å². The van der Waals surface area contributed by atoms with Gasteiger partial charge in [0.15, 0.2) is 0 Å². The molecule has 6 nitrogen and oxygen atoms in total. The van der Waals surface area contributed by atoms with Gasteiger partial charge in [0.25, 0.3) is 11.8 Å². The molecule has 1 aromatic heterocycles. The monoisotopic (exact) mass is 427 g/mol. The molecule has 0 bridgehead atoms. The molecule has 0 unspecified atom stereocenters. The van der Waals surface area contributed by atoms with E-state index in [0.29, 0.717) is 52.5 Å². The summed E-state index contributed by atoms with van der Waals surface area (Å²) in [6, 6.07) is 14.3. The molecule has 1 aliphatic heterocycles. The molecule has 8 heteroatoms. The Bertz CT molecular complexity index is 1050. The van der Waals surface area contributed by atoms with Crippen LogP contribution in [-0.4, -0.2) is 48.0 Å². The van der Waals surface area contributed by atoms with Crippen LogP contribution in [0.5, 0.6) is 0 Å². The number of nitrogens with zero attached hydrogens (tertiary/aromatic N) is 2. The lowest BCUT2D eigenvalue weighted by Gasteiger charge is -2.27. The zero-order valence-electron chi connectivity index (χ0n) is 15.4. The molecule has 1 N–H and O–H groups in total. The van der Waals surface area contributed by atoms with Gasteiger partial charge in [-0.2, -0.15) is 0 Å². The summed E-state index contributed by atoms with van der Waals surface area (Å²) in [5.41, 5.74) is 1.88. The predicted octanol–water partition coefficient (Wildman–Crippen LogP) is 4.19. The molecular formula is C21H18ClN3O3S. The summed E-state index contributed by atoms with van der Waals surface area (Å²) in [7, 11) is 0. The van der Waals surface area contributed by atoms with Gasteiger partial charge in [0.1, 0.15) is 9.88 Å². The highest BCUT2D eigenvalue weighted by Gasteiger charge is 2.19. The number of hydrogen-bond acceptors (Lipinski definition) is 5. The fourth-order valence-corrected chi connectivity index (χ4v) is 4.14. The summed E-state index contributed by atoms with van der Waals surface area (Å²) in [6.07, 6.45) is 1.53. The summed E-state index contributed by atoms with van der Waals surface area (Å²) in [6.45, 7) is 2.23. The maximum Gasteiger partial charge on any atom is 0.267 e. The van der Waals surface area contributed by atoms with Crippen molar-refractivity contribution in [2.24, 2.45) is 0 Å². The molecule has 29 heavy (non-hydrogen) atoms. The van der Waals surface area contributed by atoms with Crippen LogP contribution in [-0.2, 0) is 4.74 Å². The molecule has 0 atom stereocenters. The Hall–Kier alpha value is -2.74. The summed E-state index contributed by atoms with van der Waals surface area (Å²) in [4.78, 5) is 31.8. The van der Waals surface area contributed by atoms with Crippen LogP contribution in [0.1, 0.15) is 20.0 Å². The molecule has 3 aromatic rings. The number of hydrogen-bond donors (Lipinski definition) is 1. The first-order chi connectivity index (χ1) is 14.1. The zero-order valence-corrected chi connectivity index (χ0v) is 17.0. The van der Waals surface area contributed by atoms with Crippen LogP contribution in [0, 0.1) is 0 Å². The Balaban J connectivity index is 1.48. The number of benzene rings is 2. The van der Waals surface area contributed by atoms with Gasteiger partial charge in [-0.15, -0.1) is 11.3 Å². The predicted molar refractivity (Wildman–Crippen MR) is 114 cm³/mol. The van der Waals surface area contributed by atoms with Crippen molar-refractivity contribution in [3.05, 3.63) is 70.2 Å². The average Bonchev–Trinajstić information content (AvgIpc) is 3.24. The largest absolute Gasteiger partial charge is 0.378 e. The second kappa shape index (κ2) is 8.73. The number of carbonyl (C=O) groups excluding carboxylic acids is 2. The van der Waals surface area contributed by atoms with Crippen LogP contribution in [0.2, 0.25) is 5.02 Å². The summed E-state index contributed by atoms with van der Waals surface area (Å²) < 4.78 is 5.29. The highest BCUT2D eigenvalue weighted by Crippen LogP contribution is 2.31. The number of morpholine rings is 1. The topological polar surface area (TPSA) is 71.5 Å². The van der Waals surface area contributed by atoms with E-state index in [0.717, 1.165) is 5.56 Å². The maximum atomic E-state index is 12.6. The van der Waals surface area contributed by atoms with Crippen molar-refractivity contribution in [2.75, 3.05) is 31.6 Å². The van der Waals surface area contributed by atoms with Crippen LogP contribution in [0.4, 0.5) is 5.69 Å². The third-order valence-corrected chi connectivity index (χ3v) is 5.86. The molecule has 2 heterocycles. The van der Waals surface area contributed by atoms with Gasteiger partial charge in [0.2, 0.25) is 0 Å². The highest BCUT2D eigenvalue weighted by molar-refractivity contribution is 7.17. The first-order valence-corrected chi connectivity index (χ1v) is 10.3. The Morgan fingerprint density at radius 3 is 2.69 bits per heavy atom. The molecular weight excluding hydrogens is 410 g/mol. The molecule has 0 aliphatic carbocycles. The summed E-state index contributed by atoms with van der Waals surface area (Å²) in [5, 5.41) is 4.10. The number of halogens is 1. The molecule has 0 saturated carbocycles. The van der Waals surface area contributed by atoms with Gasteiger partial charge >= 0.3 is 0 Å². The standard InChI is InChI=1S/C21H18ClN3O3S/c22-17-7-2-1-6-16(17)20-23-13-18(29-20)19(26)24-15-5-3-4-14(12-15)21(27)25-8-10-28-11-9-25/h1-7,12-13H,8-11H2,(H,24,26). The van der Waals surface area contributed by atoms with E-state index in [9.17, 15) is 9.59 Å². The second-order valence-electron chi connectivity index (χ2n) is 6.45. The van der Waals surface area contributed by atoms with Crippen molar-refractivity contribution in [2.45, 2.75) is 0 Å². The van der Waals surface area contributed by atoms with Gasteiger partial charge in [-0.25, -0.2) is 4.98 Å². The molecule has 1 saturated heterocycles. The minimum atomic E-state index is -0.281. The van der Waals surface area contributed by atoms with Crippen LogP contribution >= 0.6 is 22.9 Å². The third-order valence-electron chi connectivity index (χ3n) is 4.50. The number of nitrogens with one attached hydrogen (secondary N) is 1. The Morgan fingerprint density at radius 2 is 1.90 bits per heavy atom. The van der Waals surface area contributed by atoms with Crippen LogP contribution in [0.25, 0.3) is 10.6 Å². The molecule has 4 rings (SSSR count). The number of ether oxygens (including phenoxy) is 1. The van der Waals surface area contributed by atoms with Gasteiger partial charge in [0, 0.05) is 29.9 Å². The van der Waals surface area contributed by atoms with E-state index < -0.39 is 0 Å². The van der Waals surface area contributed by atoms with E-state index in [4.69, 9.17) is 16.3 Å². The summed E-state index contributed by atoms with van der Waals surface area (Å²) >= 11 is 7.47. The van der Waals surface area contributed by atoms with Crippen molar-refractivity contribution in [1.82, 2.24) is 9.88 Å². The minimum Gasteiger partial charge on any atom is -0.378 e. The van der Waals surface area contributed by atoms with E-state index in [2.05, 4.69) is 10.3 Å². The van der Waals surface area contributed by atoms with Crippen LogP contribution < -0.4 is 5.32 Å². The average molecular weight is 428 g/mol. The van der Waals surface area contributed by atoms with E-state index >= 15 is 0 Å². The Kier molecular flexibility index (Phi) is 5.89. The van der Waals surface area contributed by atoms with Crippen molar-refractivity contribution < 1.29 is 14.3 Å². The van der Waals surface area contributed by atoms with Gasteiger partial charge in [-0.05, 0) is 24.3 Å². The lowest BCUT2D eigenvalue weighted by atomic mass is 10.1. The summed E-state index contributed by atoms with van der Waals surface area (Å²) in [5.74, 6) is -0.347. The van der Waals surface area contributed by atoms with E-state index in [1.165, 1.54) is 17.5 Å². The van der Waals surface area contributed by atoms with Gasteiger partial charge < -0.3 is 15.0 Å². The normalized spacial score (nSPS) is 13.9. The van der Waals surface area contributed by atoms with Gasteiger partial charge in [-0.3, -0.25) is 9.59 Å². The lowest BCUT2D eigenvalue weighted by Crippen LogP contribution is -2.40. The molecule has 2 amide bonds. The molecule has 2 aromatic carbocycles. The molecule has 1 aliphatic rings. The fourth-order valence-electron chi connectivity index (χ4n) is 3.01. The van der Waals surface area contributed by atoms with Crippen molar-refractivity contribution in [3.63, 3.8) is 0 Å². The molecule has 0 radical (unpaired) electrons. The second-order valence-corrected chi connectivity index (χ2v) is 7.89. The van der Waals surface area contributed by atoms with E-state index in [-0.39, 0.29) is 11.8 Å². The molecule has 1 fully saturated rings. The van der Waals surface area contributed by atoms with Crippen molar-refractivity contribution >= 4 is 40.4 Å². The number of carbonyl (C=O) groups is 2. The highest BCUT2D eigenvalue weighted by atomic mass is 35.5. The number of rotatable bonds is 4. The number of aromatic nitrogens is 1. The number of amides is 2. The molecule has 148 valence electrons. The van der Waals surface area contributed by atoms with Gasteiger partial charge in [0.05, 0.1) is 24.4 Å². The first kappa shape index (κ1) is 19.6. The molecule has 0 spiro atoms. The SMILES string of the molecule is O=C(Nc1cccc(C(=O)N2CCOCC2)c1)c1cnc(-c2ccccc2Cl)s1. The Labute approximate surface area is 177 Å². The number of thiazole rings is 1. The minimum absolute atomic E-state index is 0.0665. The maximum absolute atomic E-state index is 12.6.